The molecule has 2 aliphatic heterocycles. The molecule has 2 saturated heterocycles. The summed E-state index contributed by atoms with van der Waals surface area (Å²) in [5, 5.41) is 1.27. The number of hydrogen-bond acceptors (Lipinski definition) is 3. The first-order valence-corrected chi connectivity index (χ1v) is 14.9. The van der Waals surface area contributed by atoms with E-state index >= 15 is 0 Å². The second-order valence-corrected chi connectivity index (χ2v) is 13.2. The zero-order valence-corrected chi connectivity index (χ0v) is 23.2. The summed E-state index contributed by atoms with van der Waals surface area (Å²) in [6.07, 6.45) is 4.21. The van der Waals surface area contributed by atoms with E-state index in [1.165, 1.54) is 0 Å². The van der Waals surface area contributed by atoms with Crippen molar-refractivity contribution in [2.45, 2.75) is 57.5 Å². The maximum absolute atomic E-state index is 14.3. The quantitative estimate of drug-likeness (QED) is 0.356. The van der Waals surface area contributed by atoms with Crippen molar-refractivity contribution in [3.63, 3.8) is 0 Å². The van der Waals surface area contributed by atoms with Crippen LogP contribution in [0, 0.1) is 5.41 Å². The van der Waals surface area contributed by atoms with E-state index in [9.17, 15) is 13.2 Å². The van der Waals surface area contributed by atoms with E-state index in [0.29, 0.717) is 48.8 Å². The lowest BCUT2D eigenvalue weighted by molar-refractivity contribution is -0.154. The highest BCUT2D eigenvalue weighted by Crippen LogP contribution is 2.52. The van der Waals surface area contributed by atoms with Gasteiger partial charge < -0.3 is 4.90 Å². The molecule has 4 rings (SSSR count). The molecule has 0 aliphatic carbocycles. The molecule has 2 aliphatic rings. The van der Waals surface area contributed by atoms with E-state index in [-0.39, 0.29) is 29.7 Å². The van der Waals surface area contributed by atoms with Crippen molar-refractivity contribution in [2.24, 2.45) is 5.41 Å². The summed E-state index contributed by atoms with van der Waals surface area (Å²) in [6, 6.07) is 14.9. The molecule has 2 aromatic rings. The van der Waals surface area contributed by atoms with Gasteiger partial charge in [0.25, 0.3) is 0 Å². The van der Waals surface area contributed by atoms with Crippen LogP contribution < -0.4 is 0 Å². The van der Waals surface area contributed by atoms with Gasteiger partial charge >= 0.3 is 0 Å². The van der Waals surface area contributed by atoms with Crippen LogP contribution in [-0.2, 0) is 14.8 Å². The Morgan fingerprint density at radius 3 is 2.44 bits per heavy atom. The standard InChI is InChI=1S/C28H34Cl2N2O3S/c1-4-14-28(3)18-25(21-8-6-9-23(30)17-21)26(20-10-12-22(29)13-11-20)32(27(28)33)24(5-2)19-31-15-7-16-36(31,34)35/h4,6,8-13,17,24-26H,1,5,7,14-16,18-19H2,2-3H3/t24?,25-,26-,28+/m1/s1. The molecule has 4 atom stereocenters. The molecule has 0 saturated carbocycles. The number of halogens is 2. The van der Waals surface area contributed by atoms with E-state index in [1.807, 2.05) is 61.2 Å². The average molecular weight is 550 g/mol. The summed E-state index contributed by atoms with van der Waals surface area (Å²) in [5.41, 5.74) is 1.36. The number of allylic oxidation sites excluding steroid dienone is 1. The van der Waals surface area contributed by atoms with Crippen LogP contribution in [0.2, 0.25) is 10.0 Å². The van der Waals surface area contributed by atoms with Gasteiger partial charge in [0.2, 0.25) is 15.9 Å². The number of amides is 1. The SMILES string of the molecule is C=CC[C@@]1(C)C[C@H](c2cccc(Cl)c2)[C@@H](c2ccc(Cl)cc2)N(C(CC)CN2CCCS2(=O)=O)C1=O. The zero-order valence-electron chi connectivity index (χ0n) is 20.9. The maximum atomic E-state index is 14.3. The van der Waals surface area contributed by atoms with Crippen molar-refractivity contribution in [1.29, 1.82) is 0 Å². The smallest absolute Gasteiger partial charge is 0.229 e. The van der Waals surface area contributed by atoms with Gasteiger partial charge in [-0.15, -0.1) is 6.58 Å². The lowest BCUT2D eigenvalue weighted by Gasteiger charge is -2.52. The average Bonchev–Trinajstić information content (AvgIpc) is 3.17. The van der Waals surface area contributed by atoms with Crippen molar-refractivity contribution in [1.82, 2.24) is 9.21 Å². The fourth-order valence-electron chi connectivity index (χ4n) is 5.83. The summed E-state index contributed by atoms with van der Waals surface area (Å²) >= 11 is 12.7. The van der Waals surface area contributed by atoms with E-state index in [1.54, 1.807) is 10.4 Å². The van der Waals surface area contributed by atoms with Crippen LogP contribution >= 0.6 is 23.2 Å². The number of benzene rings is 2. The molecule has 0 spiro atoms. The lowest BCUT2D eigenvalue weighted by atomic mass is 9.67. The summed E-state index contributed by atoms with van der Waals surface area (Å²) in [7, 11) is -3.30. The molecule has 2 aromatic carbocycles. The maximum Gasteiger partial charge on any atom is 0.229 e. The first kappa shape index (κ1) is 27.2. The Labute approximate surface area is 225 Å². The fourth-order valence-corrected chi connectivity index (χ4v) is 7.72. The van der Waals surface area contributed by atoms with E-state index < -0.39 is 15.4 Å². The highest BCUT2D eigenvalue weighted by Gasteiger charge is 2.51. The number of carbonyl (C=O) groups is 1. The number of nitrogens with zero attached hydrogens (tertiary/aromatic N) is 2. The van der Waals surface area contributed by atoms with Gasteiger partial charge in [0.1, 0.15) is 0 Å². The molecule has 0 N–H and O–H groups in total. The van der Waals surface area contributed by atoms with Crippen LogP contribution in [0.3, 0.4) is 0 Å². The predicted molar refractivity (Wildman–Crippen MR) is 147 cm³/mol. The Balaban J connectivity index is 1.87. The van der Waals surface area contributed by atoms with Crippen molar-refractivity contribution in [3.05, 3.63) is 82.4 Å². The molecule has 194 valence electrons. The second kappa shape index (κ2) is 10.9. The topological polar surface area (TPSA) is 57.7 Å². The molecule has 0 radical (unpaired) electrons. The Kier molecular flexibility index (Phi) is 8.20. The Morgan fingerprint density at radius 1 is 1.14 bits per heavy atom. The van der Waals surface area contributed by atoms with Crippen LogP contribution in [0.4, 0.5) is 0 Å². The molecule has 0 aromatic heterocycles. The zero-order chi connectivity index (χ0) is 26.1. The van der Waals surface area contributed by atoms with Gasteiger partial charge in [0.05, 0.1) is 17.2 Å². The van der Waals surface area contributed by atoms with Crippen LogP contribution in [0.25, 0.3) is 0 Å². The summed E-state index contributed by atoms with van der Waals surface area (Å²) in [5.74, 6) is 0.151. The van der Waals surface area contributed by atoms with Crippen LogP contribution in [0.1, 0.15) is 62.6 Å². The van der Waals surface area contributed by atoms with Gasteiger partial charge in [-0.1, -0.05) is 67.4 Å². The van der Waals surface area contributed by atoms with Crippen LogP contribution in [0.15, 0.2) is 61.2 Å². The van der Waals surface area contributed by atoms with Crippen molar-refractivity contribution >= 4 is 39.1 Å². The predicted octanol–water partition coefficient (Wildman–Crippen LogP) is 6.45. The molecule has 5 nitrogen and oxygen atoms in total. The second-order valence-electron chi connectivity index (χ2n) is 10.2. The number of likely N-dealkylation sites (tertiary alicyclic amines) is 1. The number of rotatable bonds is 8. The Hall–Kier alpha value is -1.86. The van der Waals surface area contributed by atoms with Gasteiger partial charge in [0.15, 0.2) is 0 Å². The van der Waals surface area contributed by atoms with Gasteiger partial charge in [-0.3, -0.25) is 4.79 Å². The third-order valence-corrected chi connectivity index (χ3v) is 10.1. The third kappa shape index (κ3) is 5.38. The molecule has 36 heavy (non-hydrogen) atoms. The molecule has 8 heteroatoms. The van der Waals surface area contributed by atoms with E-state index in [2.05, 4.69) is 12.6 Å². The number of piperidine rings is 1. The van der Waals surface area contributed by atoms with E-state index in [4.69, 9.17) is 23.2 Å². The molecule has 1 unspecified atom stereocenters. The molecular formula is C28H34Cl2N2O3S. The van der Waals surface area contributed by atoms with Crippen molar-refractivity contribution in [3.8, 4) is 0 Å². The van der Waals surface area contributed by atoms with Gasteiger partial charge in [-0.05, 0) is 61.1 Å². The molecule has 2 fully saturated rings. The summed E-state index contributed by atoms with van der Waals surface area (Å²) in [6.45, 7) is 8.74. The Bertz CT molecular complexity index is 1220. The monoisotopic (exact) mass is 548 g/mol. The Morgan fingerprint density at radius 2 is 1.86 bits per heavy atom. The summed E-state index contributed by atoms with van der Waals surface area (Å²) < 4.78 is 27.0. The number of hydrogen-bond donors (Lipinski definition) is 0. The fraction of sp³-hybridized carbons (Fsp3) is 0.464. The van der Waals surface area contributed by atoms with Gasteiger partial charge in [-0.2, -0.15) is 4.31 Å². The molecule has 2 heterocycles. The molecular weight excluding hydrogens is 515 g/mol. The van der Waals surface area contributed by atoms with Crippen molar-refractivity contribution < 1.29 is 13.2 Å². The minimum absolute atomic E-state index is 0.0315. The van der Waals surface area contributed by atoms with Gasteiger partial charge in [0, 0.05) is 35.1 Å². The minimum atomic E-state index is -3.30. The molecule has 0 bridgehead atoms. The number of carbonyl (C=O) groups excluding carboxylic acids is 1. The first-order valence-electron chi connectivity index (χ1n) is 12.5. The molecule has 1 amide bonds. The third-order valence-electron chi connectivity index (χ3n) is 7.67. The largest absolute Gasteiger partial charge is 0.330 e. The van der Waals surface area contributed by atoms with Crippen molar-refractivity contribution in [2.75, 3.05) is 18.8 Å². The van der Waals surface area contributed by atoms with Gasteiger partial charge in [-0.25, -0.2) is 8.42 Å². The summed E-state index contributed by atoms with van der Waals surface area (Å²) in [4.78, 5) is 16.3. The minimum Gasteiger partial charge on any atom is -0.330 e. The number of sulfonamides is 1. The normalized spacial score (nSPS) is 27.2. The lowest BCUT2D eigenvalue weighted by Crippen LogP contribution is -2.57. The van der Waals surface area contributed by atoms with Crippen LogP contribution in [0.5, 0.6) is 0 Å². The first-order chi connectivity index (χ1) is 17.1. The highest BCUT2D eigenvalue weighted by atomic mass is 35.5. The van der Waals surface area contributed by atoms with E-state index in [0.717, 1.165) is 11.1 Å². The van der Waals surface area contributed by atoms with Crippen LogP contribution in [-0.4, -0.2) is 48.4 Å². The highest BCUT2D eigenvalue weighted by molar-refractivity contribution is 7.89.